The van der Waals surface area contributed by atoms with Crippen LogP contribution in [0.4, 0.5) is 5.69 Å². The maximum Gasteiger partial charge on any atom is 0.337 e. The smallest absolute Gasteiger partial charge is 0.337 e. The summed E-state index contributed by atoms with van der Waals surface area (Å²) in [5, 5.41) is 5.10. The molecule has 8 heteroatoms. The van der Waals surface area contributed by atoms with Gasteiger partial charge in [0.15, 0.2) is 0 Å². The van der Waals surface area contributed by atoms with Crippen LogP contribution in [0.2, 0.25) is 10.0 Å². The average molecular weight is 302 g/mol. The van der Waals surface area contributed by atoms with Crippen LogP contribution in [-0.4, -0.2) is 24.8 Å². The Morgan fingerprint density at radius 2 is 2.00 bits per heavy atom. The molecule has 6 nitrogen and oxygen atoms in total. The second-order valence-corrected chi connectivity index (χ2v) is 4.57. The Hall–Kier alpha value is -1.79. The lowest BCUT2D eigenvalue weighted by molar-refractivity contribution is -0.116. The molecule has 0 bridgehead atoms. The fourth-order valence-electron chi connectivity index (χ4n) is 1.63. The van der Waals surface area contributed by atoms with Crippen molar-refractivity contribution in [3.63, 3.8) is 0 Å². The predicted molar refractivity (Wildman–Crippen MR) is 71.5 cm³/mol. The van der Waals surface area contributed by atoms with E-state index in [4.69, 9.17) is 28.9 Å². The van der Waals surface area contributed by atoms with Crippen LogP contribution in [0.5, 0.6) is 0 Å². The van der Waals surface area contributed by atoms with Crippen LogP contribution in [0.15, 0.2) is 17.2 Å². The van der Waals surface area contributed by atoms with Crippen LogP contribution >= 0.6 is 23.2 Å². The number of rotatable bonds is 2. The lowest BCUT2D eigenvalue weighted by atomic mass is 10.2. The molecule has 0 fully saturated rings. The largest absolute Gasteiger partial charge is 0.465 e. The van der Waals surface area contributed by atoms with E-state index in [1.54, 1.807) is 0 Å². The Bertz CT molecular complexity index is 578. The summed E-state index contributed by atoms with van der Waals surface area (Å²) in [7, 11) is 1.24. The molecule has 1 aromatic carbocycles. The number of amides is 1. The molecule has 100 valence electrons. The summed E-state index contributed by atoms with van der Waals surface area (Å²) in [5.41, 5.74) is 5.86. The van der Waals surface area contributed by atoms with Gasteiger partial charge in [0.1, 0.15) is 11.5 Å². The van der Waals surface area contributed by atoms with E-state index in [1.165, 1.54) is 19.2 Å². The van der Waals surface area contributed by atoms with E-state index in [2.05, 4.69) is 9.84 Å². The Morgan fingerprint density at radius 1 is 1.42 bits per heavy atom. The number of halogens is 2. The molecule has 2 N–H and O–H groups in total. The van der Waals surface area contributed by atoms with Gasteiger partial charge in [-0.25, -0.2) is 4.79 Å². The molecule has 0 aromatic heterocycles. The first kappa shape index (κ1) is 13.6. The summed E-state index contributed by atoms with van der Waals surface area (Å²) in [6.07, 6.45) is 0.00537. The van der Waals surface area contributed by atoms with E-state index in [0.29, 0.717) is 0 Å². The summed E-state index contributed by atoms with van der Waals surface area (Å²) in [6, 6.07) is 2.71. The lowest BCUT2D eigenvalue weighted by Crippen LogP contribution is -2.20. The van der Waals surface area contributed by atoms with Gasteiger partial charge in [0.05, 0.1) is 29.1 Å². The zero-order valence-electron chi connectivity index (χ0n) is 9.81. The fraction of sp³-hybridized carbons (Fsp3) is 0.182. The molecule has 0 radical (unpaired) electrons. The first-order chi connectivity index (χ1) is 8.93. The minimum atomic E-state index is -0.578. The zero-order chi connectivity index (χ0) is 14.2. The highest BCUT2D eigenvalue weighted by atomic mass is 35.5. The van der Waals surface area contributed by atoms with Gasteiger partial charge in [-0.15, -0.1) is 0 Å². The Balaban J connectivity index is 2.49. The number of carbonyl (C=O) groups is 2. The number of hydrazone groups is 1. The summed E-state index contributed by atoms with van der Waals surface area (Å²) in [5.74, 6) is -0.743. The molecular weight excluding hydrogens is 293 g/mol. The van der Waals surface area contributed by atoms with E-state index in [-0.39, 0.29) is 39.5 Å². The maximum atomic E-state index is 11.7. The highest BCUT2D eigenvalue weighted by molar-refractivity contribution is 6.40. The monoisotopic (exact) mass is 301 g/mol. The third-order valence-electron chi connectivity index (χ3n) is 2.45. The topological polar surface area (TPSA) is 85.0 Å². The second-order valence-electron chi connectivity index (χ2n) is 3.75. The fourth-order valence-corrected chi connectivity index (χ4v) is 2.27. The number of benzene rings is 1. The van der Waals surface area contributed by atoms with Gasteiger partial charge >= 0.3 is 5.97 Å². The minimum absolute atomic E-state index is 0.00537. The molecule has 0 saturated heterocycles. The molecule has 2 rings (SSSR count). The van der Waals surface area contributed by atoms with Gasteiger partial charge in [-0.1, -0.05) is 23.2 Å². The quantitative estimate of drug-likeness (QED) is 0.844. The highest BCUT2D eigenvalue weighted by Gasteiger charge is 2.28. The van der Waals surface area contributed by atoms with Crippen LogP contribution in [0.3, 0.4) is 0 Å². The van der Waals surface area contributed by atoms with Crippen LogP contribution in [0.1, 0.15) is 16.8 Å². The number of carbonyl (C=O) groups excluding carboxylic acids is 2. The number of hydrogen-bond donors (Lipinski definition) is 1. The first-order valence-corrected chi connectivity index (χ1v) is 5.93. The molecule has 0 aliphatic carbocycles. The molecule has 1 heterocycles. The highest BCUT2D eigenvalue weighted by Crippen LogP contribution is 2.37. The van der Waals surface area contributed by atoms with Gasteiger partial charge in [0.25, 0.3) is 5.91 Å². The normalized spacial score (nSPS) is 14.6. The first-order valence-electron chi connectivity index (χ1n) is 5.17. The van der Waals surface area contributed by atoms with Crippen LogP contribution in [0.25, 0.3) is 0 Å². The Labute approximate surface area is 118 Å². The van der Waals surface area contributed by atoms with E-state index >= 15 is 0 Å². The van der Waals surface area contributed by atoms with Gasteiger partial charge in [0.2, 0.25) is 0 Å². The van der Waals surface area contributed by atoms with Gasteiger partial charge in [-0.3, -0.25) is 4.79 Å². The van der Waals surface area contributed by atoms with Gasteiger partial charge in [0, 0.05) is 0 Å². The molecular formula is C11H9Cl2N3O3. The van der Waals surface area contributed by atoms with Crippen molar-refractivity contribution in [2.45, 2.75) is 6.42 Å². The minimum Gasteiger partial charge on any atom is -0.465 e. The van der Waals surface area contributed by atoms with Gasteiger partial charge < -0.3 is 10.5 Å². The number of esters is 1. The Kier molecular flexibility index (Phi) is 3.64. The lowest BCUT2D eigenvalue weighted by Gasteiger charge is -2.15. The molecule has 1 aliphatic heterocycles. The van der Waals surface area contributed by atoms with Gasteiger partial charge in [-0.2, -0.15) is 10.1 Å². The number of nitrogens with two attached hydrogens (primary N) is 1. The molecule has 0 spiro atoms. The van der Waals surface area contributed by atoms with E-state index < -0.39 is 5.97 Å². The number of nitrogens with zero attached hydrogens (tertiary/aromatic N) is 2. The molecule has 19 heavy (non-hydrogen) atoms. The van der Waals surface area contributed by atoms with Crippen molar-refractivity contribution in [2.24, 2.45) is 10.8 Å². The van der Waals surface area contributed by atoms with E-state index in [1.807, 2.05) is 0 Å². The number of amidine groups is 1. The molecule has 0 saturated carbocycles. The van der Waals surface area contributed by atoms with E-state index in [9.17, 15) is 9.59 Å². The SMILES string of the molecule is COC(=O)c1cc(Cl)c(N2N=C(N)CC2=O)c(Cl)c1. The van der Waals surface area contributed by atoms with E-state index in [0.717, 1.165) is 5.01 Å². The van der Waals surface area contributed by atoms with Crippen molar-refractivity contribution in [1.82, 2.24) is 0 Å². The molecule has 1 amide bonds. The predicted octanol–water partition coefficient (Wildman–Crippen LogP) is 1.79. The summed E-state index contributed by atoms with van der Waals surface area (Å²) in [6.45, 7) is 0. The number of methoxy groups -OCH3 is 1. The average Bonchev–Trinajstić information content (AvgIpc) is 2.66. The third kappa shape index (κ3) is 2.50. The van der Waals surface area contributed by atoms with Crippen LogP contribution in [-0.2, 0) is 9.53 Å². The number of ether oxygens (including phenoxy) is 1. The summed E-state index contributed by atoms with van der Waals surface area (Å²) >= 11 is 12.1. The number of anilines is 1. The van der Waals surface area contributed by atoms with Crippen LogP contribution in [0, 0.1) is 0 Å². The van der Waals surface area contributed by atoms with Crippen molar-refractivity contribution in [3.8, 4) is 0 Å². The maximum absolute atomic E-state index is 11.7. The second kappa shape index (κ2) is 5.07. The van der Waals surface area contributed by atoms with Crippen LogP contribution < -0.4 is 10.7 Å². The molecule has 0 unspecified atom stereocenters. The standard InChI is InChI=1S/C11H9Cl2N3O3/c1-19-11(18)5-2-6(12)10(7(13)3-5)16-9(17)4-8(14)15-16/h2-3H,4H2,1H3,(H2,14,15). The van der Waals surface area contributed by atoms with Crippen molar-refractivity contribution in [1.29, 1.82) is 0 Å². The van der Waals surface area contributed by atoms with Crippen molar-refractivity contribution >= 4 is 46.6 Å². The zero-order valence-corrected chi connectivity index (χ0v) is 11.3. The summed E-state index contributed by atoms with van der Waals surface area (Å²) in [4.78, 5) is 23.1. The molecule has 0 atom stereocenters. The van der Waals surface area contributed by atoms with Crippen molar-refractivity contribution in [3.05, 3.63) is 27.7 Å². The summed E-state index contributed by atoms with van der Waals surface area (Å²) < 4.78 is 4.57. The third-order valence-corrected chi connectivity index (χ3v) is 3.02. The number of hydrogen-bond acceptors (Lipinski definition) is 5. The van der Waals surface area contributed by atoms with Gasteiger partial charge in [-0.05, 0) is 12.1 Å². The molecule has 1 aliphatic rings. The Morgan fingerprint density at radius 3 is 2.42 bits per heavy atom. The molecule has 1 aromatic rings. The van der Waals surface area contributed by atoms with Crippen molar-refractivity contribution in [2.75, 3.05) is 12.1 Å². The van der Waals surface area contributed by atoms with Crippen molar-refractivity contribution < 1.29 is 14.3 Å².